The number of carbonyl (C=O) groups excluding carboxylic acids is 1. The molecule has 0 aliphatic heterocycles. The summed E-state index contributed by atoms with van der Waals surface area (Å²) in [7, 11) is 0. The van der Waals surface area contributed by atoms with Gasteiger partial charge in [0.1, 0.15) is 0 Å². The van der Waals surface area contributed by atoms with E-state index in [0.29, 0.717) is 19.1 Å². The lowest BCUT2D eigenvalue weighted by Gasteiger charge is -2.18. The van der Waals surface area contributed by atoms with Gasteiger partial charge in [0.2, 0.25) is 0 Å². The molecule has 1 unspecified atom stereocenters. The van der Waals surface area contributed by atoms with E-state index in [2.05, 4.69) is 45.1 Å². The molecule has 20 heavy (non-hydrogen) atoms. The number of rotatable bonds is 7. The van der Waals surface area contributed by atoms with Gasteiger partial charge in [-0.3, -0.25) is 4.79 Å². The Morgan fingerprint density at radius 2 is 1.85 bits per heavy atom. The summed E-state index contributed by atoms with van der Waals surface area (Å²) in [5.74, 6) is -0.107. The number of hydrogen-bond acceptors (Lipinski definition) is 3. The molecule has 0 aliphatic carbocycles. The van der Waals surface area contributed by atoms with Crippen LogP contribution in [0.5, 0.6) is 0 Å². The molecule has 112 valence electrons. The Hall–Kier alpha value is -1.35. The van der Waals surface area contributed by atoms with Gasteiger partial charge < -0.3 is 10.1 Å². The maximum Gasteiger partial charge on any atom is 0.305 e. The molecule has 0 bridgehead atoms. The number of hydrogen-bond donors (Lipinski definition) is 1. The highest BCUT2D eigenvalue weighted by Crippen LogP contribution is 2.21. The van der Waals surface area contributed by atoms with Crippen molar-refractivity contribution in [3.05, 3.63) is 34.4 Å². The number of benzene rings is 1. The Balaban J connectivity index is 2.45. The van der Waals surface area contributed by atoms with Crippen molar-refractivity contribution in [3.63, 3.8) is 0 Å². The first-order valence-corrected chi connectivity index (χ1v) is 7.42. The molecule has 0 aliphatic rings. The molecule has 1 N–H and O–H groups in total. The Labute approximate surface area is 122 Å². The average molecular weight is 277 g/mol. The molecule has 1 aromatic rings. The second-order valence-corrected chi connectivity index (χ2v) is 5.38. The SMILES string of the molecule is CCOC(=O)CCCNC(C)c1cc(C)c(C)cc1C. The molecule has 0 aromatic heterocycles. The van der Waals surface area contributed by atoms with Crippen LogP contribution in [0.2, 0.25) is 0 Å². The van der Waals surface area contributed by atoms with Crippen molar-refractivity contribution in [1.82, 2.24) is 5.32 Å². The predicted molar refractivity (Wildman–Crippen MR) is 82.9 cm³/mol. The summed E-state index contributed by atoms with van der Waals surface area (Å²) in [6, 6.07) is 4.80. The van der Waals surface area contributed by atoms with Crippen LogP contribution in [0.25, 0.3) is 0 Å². The number of ether oxygens (including phenoxy) is 1. The number of nitrogens with one attached hydrogen (secondary N) is 1. The summed E-state index contributed by atoms with van der Waals surface area (Å²) in [6.45, 7) is 11.7. The van der Waals surface area contributed by atoms with Gasteiger partial charge in [0, 0.05) is 12.5 Å². The van der Waals surface area contributed by atoms with Crippen LogP contribution in [0, 0.1) is 20.8 Å². The van der Waals surface area contributed by atoms with Gasteiger partial charge >= 0.3 is 5.97 Å². The third kappa shape index (κ3) is 4.97. The zero-order valence-corrected chi connectivity index (χ0v) is 13.4. The first-order valence-electron chi connectivity index (χ1n) is 7.42. The quantitative estimate of drug-likeness (QED) is 0.611. The molecule has 3 nitrogen and oxygen atoms in total. The number of carbonyl (C=O) groups is 1. The normalized spacial score (nSPS) is 12.2. The standard InChI is InChI=1S/C17H27NO2/c1-6-20-17(19)8-7-9-18-15(5)16-11-13(3)12(2)10-14(16)4/h10-11,15,18H,6-9H2,1-5H3. The van der Waals surface area contributed by atoms with Crippen molar-refractivity contribution in [3.8, 4) is 0 Å². The van der Waals surface area contributed by atoms with Gasteiger partial charge in [-0.15, -0.1) is 0 Å². The molecule has 1 atom stereocenters. The molecule has 3 heteroatoms. The molecular weight excluding hydrogens is 250 g/mol. The minimum absolute atomic E-state index is 0.107. The van der Waals surface area contributed by atoms with Crippen molar-refractivity contribution in [2.45, 2.75) is 53.5 Å². The minimum atomic E-state index is -0.107. The van der Waals surface area contributed by atoms with E-state index in [1.807, 2.05) is 6.92 Å². The molecule has 0 saturated heterocycles. The monoisotopic (exact) mass is 277 g/mol. The minimum Gasteiger partial charge on any atom is -0.466 e. The Morgan fingerprint density at radius 3 is 2.50 bits per heavy atom. The number of esters is 1. The molecule has 0 heterocycles. The van der Waals surface area contributed by atoms with Gasteiger partial charge in [-0.25, -0.2) is 0 Å². The third-order valence-corrected chi connectivity index (χ3v) is 3.66. The van der Waals surface area contributed by atoms with Crippen LogP contribution in [-0.4, -0.2) is 19.1 Å². The Bertz CT molecular complexity index is 455. The first-order chi connectivity index (χ1) is 9.45. The summed E-state index contributed by atoms with van der Waals surface area (Å²) in [5.41, 5.74) is 5.31. The predicted octanol–water partition coefficient (Wildman–Crippen LogP) is 3.61. The molecule has 0 amide bonds. The van der Waals surface area contributed by atoms with E-state index in [0.717, 1.165) is 13.0 Å². The molecule has 0 radical (unpaired) electrons. The maximum atomic E-state index is 11.2. The Morgan fingerprint density at radius 1 is 1.20 bits per heavy atom. The first kappa shape index (κ1) is 16.7. The second kappa shape index (κ2) is 8.05. The molecule has 1 rings (SSSR count). The van der Waals surface area contributed by atoms with Crippen LogP contribution in [-0.2, 0) is 9.53 Å². The van der Waals surface area contributed by atoms with E-state index < -0.39 is 0 Å². The van der Waals surface area contributed by atoms with Crippen molar-refractivity contribution in [2.75, 3.05) is 13.2 Å². The van der Waals surface area contributed by atoms with Crippen LogP contribution < -0.4 is 5.32 Å². The largest absolute Gasteiger partial charge is 0.466 e. The molecule has 1 aromatic carbocycles. The van der Waals surface area contributed by atoms with Crippen LogP contribution in [0.1, 0.15) is 55.0 Å². The van der Waals surface area contributed by atoms with Gasteiger partial charge in [-0.05, 0) is 69.8 Å². The molecule has 0 fully saturated rings. The lowest BCUT2D eigenvalue weighted by Crippen LogP contribution is -2.21. The van der Waals surface area contributed by atoms with E-state index in [4.69, 9.17) is 4.74 Å². The molecule has 0 saturated carbocycles. The fourth-order valence-corrected chi connectivity index (χ4v) is 2.34. The third-order valence-electron chi connectivity index (χ3n) is 3.66. The summed E-state index contributed by atoms with van der Waals surface area (Å²) in [4.78, 5) is 11.2. The highest BCUT2D eigenvalue weighted by molar-refractivity contribution is 5.69. The zero-order chi connectivity index (χ0) is 15.1. The van der Waals surface area contributed by atoms with Gasteiger partial charge in [-0.1, -0.05) is 12.1 Å². The second-order valence-electron chi connectivity index (χ2n) is 5.38. The van der Waals surface area contributed by atoms with E-state index in [1.165, 1.54) is 22.3 Å². The van der Waals surface area contributed by atoms with Gasteiger partial charge in [0.25, 0.3) is 0 Å². The fraction of sp³-hybridized carbons (Fsp3) is 0.588. The highest BCUT2D eigenvalue weighted by Gasteiger charge is 2.10. The van der Waals surface area contributed by atoms with E-state index in [1.54, 1.807) is 0 Å². The average Bonchev–Trinajstić information content (AvgIpc) is 2.39. The molecular formula is C17H27NO2. The lowest BCUT2D eigenvalue weighted by atomic mass is 9.96. The van der Waals surface area contributed by atoms with E-state index in [9.17, 15) is 4.79 Å². The topological polar surface area (TPSA) is 38.3 Å². The summed E-state index contributed by atoms with van der Waals surface area (Å²) < 4.78 is 4.91. The van der Waals surface area contributed by atoms with Gasteiger partial charge in [-0.2, -0.15) is 0 Å². The van der Waals surface area contributed by atoms with Crippen molar-refractivity contribution >= 4 is 5.97 Å². The van der Waals surface area contributed by atoms with Crippen molar-refractivity contribution in [1.29, 1.82) is 0 Å². The number of aryl methyl sites for hydroxylation is 3. The maximum absolute atomic E-state index is 11.2. The van der Waals surface area contributed by atoms with Crippen LogP contribution in [0.3, 0.4) is 0 Å². The smallest absolute Gasteiger partial charge is 0.305 e. The van der Waals surface area contributed by atoms with Gasteiger partial charge in [0.05, 0.1) is 6.61 Å². The summed E-state index contributed by atoms with van der Waals surface area (Å²) in [5, 5.41) is 3.48. The van der Waals surface area contributed by atoms with Crippen LogP contribution in [0.4, 0.5) is 0 Å². The van der Waals surface area contributed by atoms with Crippen molar-refractivity contribution in [2.24, 2.45) is 0 Å². The van der Waals surface area contributed by atoms with Gasteiger partial charge in [0.15, 0.2) is 0 Å². The van der Waals surface area contributed by atoms with Crippen molar-refractivity contribution < 1.29 is 9.53 Å². The van der Waals surface area contributed by atoms with E-state index in [-0.39, 0.29) is 5.97 Å². The van der Waals surface area contributed by atoms with Crippen LogP contribution >= 0.6 is 0 Å². The fourth-order valence-electron chi connectivity index (χ4n) is 2.34. The highest BCUT2D eigenvalue weighted by atomic mass is 16.5. The lowest BCUT2D eigenvalue weighted by molar-refractivity contribution is -0.143. The Kier molecular flexibility index (Phi) is 6.73. The van der Waals surface area contributed by atoms with Crippen LogP contribution in [0.15, 0.2) is 12.1 Å². The summed E-state index contributed by atoms with van der Waals surface area (Å²) >= 11 is 0. The zero-order valence-electron chi connectivity index (χ0n) is 13.4. The summed E-state index contributed by atoms with van der Waals surface area (Å²) in [6.07, 6.45) is 1.30. The van der Waals surface area contributed by atoms with E-state index >= 15 is 0 Å². The molecule has 0 spiro atoms.